The summed E-state index contributed by atoms with van der Waals surface area (Å²) in [6.45, 7) is 7.27. The van der Waals surface area contributed by atoms with Gasteiger partial charge in [0.25, 0.3) is 0 Å². The number of amides is 1. The molecule has 1 fully saturated rings. The maximum Gasteiger partial charge on any atom is 0.227 e. The molecule has 2 aromatic heterocycles. The van der Waals surface area contributed by atoms with E-state index >= 15 is 0 Å². The predicted octanol–water partition coefficient (Wildman–Crippen LogP) is 2.59. The lowest BCUT2D eigenvalue weighted by molar-refractivity contribution is -0.126. The molecule has 1 saturated heterocycles. The zero-order chi connectivity index (χ0) is 19.7. The molecule has 1 atom stereocenters. The molecule has 1 N–H and O–H groups in total. The number of carbonyl (C=O) groups is 1. The number of hydrogen-bond donors (Lipinski definition) is 1. The highest BCUT2D eigenvalue weighted by Crippen LogP contribution is 2.25. The third kappa shape index (κ3) is 3.60. The molecule has 7 nitrogen and oxygen atoms in total. The van der Waals surface area contributed by atoms with Crippen molar-refractivity contribution in [1.82, 2.24) is 25.1 Å². The molecular weight excluding hydrogens is 352 g/mol. The number of anilines is 1. The SMILES string of the molecule is Cc1cc(C)n(-c2cc(N3CC(C(=O)N[C@H](C)c4ccccc4)C3)ncn2)n1. The first-order valence-corrected chi connectivity index (χ1v) is 9.47. The van der Waals surface area contributed by atoms with Gasteiger partial charge < -0.3 is 10.2 Å². The van der Waals surface area contributed by atoms with Gasteiger partial charge in [-0.2, -0.15) is 5.10 Å². The zero-order valence-corrected chi connectivity index (χ0v) is 16.3. The molecule has 4 rings (SSSR count). The molecule has 3 aromatic rings. The van der Waals surface area contributed by atoms with E-state index in [9.17, 15) is 4.79 Å². The van der Waals surface area contributed by atoms with Gasteiger partial charge in [-0.05, 0) is 32.4 Å². The van der Waals surface area contributed by atoms with Gasteiger partial charge in [-0.15, -0.1) is 0 Å². The molecule has 28 heavy (non-hydrogen) atoms. The summed E-state index contributed by atoms with van der Waals surface area (Å²) in [5.41, 5.74) is 3.08. The van der Waals surface area contributed by atoms with Crippen molar-refractivity contribution >= 4 is 11.7 Å². The molecule has 0 unspecified atom stereocenters. The lowest BCUT2D eigenvalue weighted by Crippen LogP contribution is -2.54. The monoisotopic (exact) mass is 376 g/mol. The van der Waals surface area contributed by atoms with E-state index in [-0.39, 0.29) is 17.9 Å². The fraction of sp³-hybridized carbons (Fsp3) is 0.333. The van der Waals surface area contributed by atoms with Gasteiger partial charge in [0.1, 0.15) is 12.1 Å². The van der Waals surface area contributed by atoms with Gasteiger partial charge >= 0.3 is 0 Å². The Hall–Kier alpha value is -3.22. The molecule has 1 aromatic carbocycles. The fourth-order valence-corrected chi connectivity index (χ4v) is 3.47. The molecule has 0 radical (unpaired) electrons. The van der Waals surface area contributed by atoms with E-state index in [4.69, 9.17) is 0 Å². The van der Waals surface area contributed by atoms with Gasteiger partial charge in [0, 0.05) is 24.8 Å². The number of hydrogen-bond acceptors (Lipinski definition) is 5. The van der Waals surface area contributed by atoms with Crippen LogP contribution >= 0.6 is 0 Å². The summed E-state index contributed by atoms with van der Waals surface area (Å²) >= 11 is 0. The Kier molecular flexibility index (Phi) is 4.81. The highest BCUT2D eigenvalue weighted by atomic mass is 16.2. The molecule has 7 heteroatoms. The lowest BCUT2D eigenvalue weighted by Gasteiger charge is -2.39. The van der Waals surface area contributed by atoms with Crippen LogP contribution in [0.4, 0.5) is 5.82 Å². The molecule has 1 aliphatic rings. The van der Waals surface area contributed by atoms with Gasteiger partial charge in [-0.25, -0.2) is 14.6 Å². The summed E-state index contributed by atoms with van der Waals surface area (Å²) in [6.07, 6.45) is 1.55. The quantitative estimate of drug-likeness (QED) is 0.741. The molecule has 0 aliphatic carbocycles. The summed E-state index contributed by atoms with van der Waals surface area (Å²) < 4.78 is 1.81. The Bertz CT molecular complexity index is 978. The van der Waals surface area contributed by atoms with E-state index in [1.807, 2.05) is 67.9 Å². The van der Waals surface area contributed by atoms with Crippen LogP contribution in [-0.4, -0.2) is 38.7 Å². The number of nitrogens with one attached hydrogen (secondary N) is 1. The van der Waals surface area contributed by atoms with E-state index in [1.165, 1.54) is 0 Å². The smallest absolute Gasteiger partial charge is 0.227 e. The fourth-order valence-electron chi connectivity index (χ4n) is 3.47. The number of rotatable bonds is 5. The molecule has 144 valence electrons. The number of benzene rings is 1. The van der Waals surface area contributed by atoms with Crippen molar-refractivity contribution < 1.29 is 4.79 Å². The van der Waals surface area contributed by atoms with Crippen molar-refractivity contribution in [2.45, 2.75) is 26.8 Å². The molecule has 0 saturated carbocycles. The molecule has 1 amide bonds. The predicted molar refractivity (Wildman–Crippen MR) is 107 cm³/mol. The van der Waals surface area contributed by atoms with Crippen molar-refractivity contribution in [2.24, 2.45) is 5.92 Å². The second-order valence-corrected chi connectivity index (χ2v) is 7.32. The Morgan fingerprint density at radius 1 is 1.11 bits per heavy atom. The van der Waals surface area contributed by atoms with Crippen molar-refractivity contribution in [3.63, 3.8) is 0 Å². The van der Waals surface area contributed by atoms with Crippen LogP contribution in [0, 0.1) is 19.8 Å². The number of aryl methyl sites for hydroxylation is 2. The highest BCUT2D eigenvalue weighted by molar-refractivity contribution is 5.82. The Labute approximate surface area is 164 Å². The highest BCUT2D eigenvalue weighted by Gasteiger charge is 2.34. The Balaban J connectivity index is 1.38. The van der Waals surface area contributed by atoms with Crippen molar-refractivity contribution in [2.75, 3.05) is 18.0 Å². The van der Waals surface area contributed by atoms with Crippen molar-refractivity contribution in [3.05, 3.63) is 65.7 Å². The number of nitrogens with zero attached hydrogens (tertiary/aromatic N) is 5. The van der Waals surface area contributed by atoms with Gasteiger partial charge in [-0.3, -0.25) is 4.79 Å². The minimum Gasteiger partial charge on any atom is -0.355 e. The van der Waals surface area contributed by atoms with Crippen LogP contribution < -0.4 is 10.2 Å². The topological polar surface area (TPSA) is 75.9 Å². The molecule has 0 bridgehead atoms. The minimum atomic E-state index is -0.0294. The van der Waals surface area contributed by atoms with Crippen LogP contribution in [0.15, 0.2) is 48.8 Å². The van der Waals surface area contributed by atoms with Crippen molar-refractivity contribution in [3.8, 4) is 5.82 Å². The standard InChI is InChI=1S/C21H24N6O/c1-14-9-15(2)27(25-14)20-10-19(22-13-23-20)26-11-18(12-26)21(28)24-16(3)17-7-5-4-6-8-17/h4-10,13,16,18H,11-12H2,1-3H3,(H,24,28)/t16-/m1/s1. The first kappa shape index (κ1) is 18.2. The van der Waals surface area contributed by atoms with E-state index in [1.54, 1.807) is 6.33 Å². The van der Waals surface area contributed by atoms with Crippen LogP contribution in [0.25, 0.3) is 5.82 Å². The zero-order valence-electron chi connectivity index (χ0n) is 16.3. The number of aromatic nitrogens is 4. The third-order valence-electron chi connectivity index (χ3n) is 5.10. The largest absolute Gasteiger partial charge is 0.355 e. The van der Waals surface area contributed by atoms with Crippen LogP contribution in [0.2, 0.25) is 0 Å². The summed E-state index contributed by atoms with van der Waals surface area (Å²) in [6, 6.07) is 13.9. The summed E-state index contributed by atoms with van der Waals surface area (Å²) in [5, 5.41) is 7.58. The second kappa shape index (κ2) is 7.42. The molecule has 3 heterocycles. The summed E-state index contributed by atoms with van der Waals surface area (Å²) in [7, 11) is 0. The maximum atomic E-state index is 12.5. The second-order valence-electron chi connectivity index (χ2n) is 7.32. The van der Waals surface area contributed by atoms with Gasteiger partial charge in [-0.1, -0.05) is 30.3 Å². The van der Waals surface area contributed by atoms with Crippen LogP contribution in [0.3, 0.4) is 0 Å². The van der Waals surface area contributed by atoms with Gasteiger partial charge in [0.15, 0.2) is 5.82 Å². The average molecular weight is 376 g/mol. The summed E-state index contributed by atoms with van der Waals surface area (Å²) in [4.78, 5) is 23.3. The third-order valence-corrected chi connectivity index (χ3v) is 5.10. The van der Waals surface area contributed by atoms with E-state index in [0.29, 0.717) is 13.1 Å². The van der Waals surface area contributed by atoms with Crippen LogP contribution in [0.5, 0.6) is 0 Å². The Morgan fingerprint density at radius 2 is 1.82 bits per heavy atom. The maximum absolute atomic E-state index is 12.5. The van der Waals surface area contributed by atoms with Crippen LogP contribution in [0.1, 0.15) is 29.9 Å². The summed E-state index contributed by atoms with van der Waals surface area (Å²) in [5.74, 6) is 1.61. The van der Waals surface area contributed by atoms with Crippen molar-refractivity contribution in [1.29, 1.82) is 0 Å². The Morgan fingerprint density at radius 3 is 2.50 bits per heavy atom. The van der Waals surface area contributed by atoms with E-state index < -0.39 is 0 Å². The van der Waals surface area contributed by atoms with E-state index in [0.717, 1.165) is 28.6 Å². The molecule has 1 aliphatic heterocycles. The average Bonchev–Trinajstić information content (AvgIpc) is 2.99. The van der Waals surface area contributed by atoms with E-state index in [2.05, 4.69) is 25.3 Å². The molecule has 0 spiro atoms. The lowest BCUT2D eigenvalue weighted by atomic mass is 9.98. The first-order valence-electron chi connectivity index (χ1n) is 9.47. The minimum absolute atomic E-state index is 0.000525. The molecular formula is C21H24N6O. The van der Waals surface area contributed by atoms with Crippen LogP contribution in [-0.2, 0) is 4.79 Å². The van der Waals surface area contributed by atoms with Gasteiger partial charge in [0.2, 0.25) is 5.91 Å². The normalized spacial score (nSPS) is 15.2. The number of carbonyl (C=O) groups excluding carboxylic acids is 1. The van der Waals surface area contributed by atoms with Gasteiger partial charge in [0.05, 0.1) is 17.7 Å². The first-order chi connectivity index (χ1) is 13.5.